The lowest BCUT2D eigenvalue weighted by molar-refractivity contribution is -0.171. The van der Waals surface area contributed by atoms with Crippen molar-refractivity contribution in [3.63, 3.8) is 0 Å². The monoisotopic (exact) mass is 462 g/mol. The normalized spacial score (nSPS) is 30.3. The van der Waals surface area contributed by atoms with Crippen LogP contribution < -0.4 is 0 Å². The molecule has 192 valence electrons. The van der Waals surface area contributed by atoms with Gasteiger partial charge in [-0.15, -0.1) is 0 Å². The predicted octanol–water partition coefficient (Wildman–Crippen LogP) is 8.48. The Kier molecular flexibility index (Phi) is 12.7. The van der Waals surface area contributed by atoms with Gasteiger partial charge in [0, 0.05) is 11.8 Å². The molecular weight excluding hydrogens is 408 g/mol. The minimum absolute atomic E-state index is 0.0455. The number of Topliss-reactive ketones (excluding diaryl/α,β-unsaturated/α-hetero) is 2. The molecule has 0 aromatic heterocycles. The van der Waals surface area contributed by atoms with Crippen molar-refractivity contribution >= 4 is 11.6 Å². The summed E-state index contributed by atoms with van der Waals surface area (Å²) in [6.45, 7) is 9.99. The number of carbonyl (C=O) groups excluding carboxylic acids is 2. The fourth-order valence-corrected chi connectivity index (χ4v) is 6.69. The van der Waals surface area contributed by atoms with Crippen molar-refractivity contribution in [3.05, 3.63) is 0 Å². The van der Waals surface area contributed by atoms with Gasteiger partial charge in [0.15, 0.2) is 0 Å². The molecule has 3 heteroatoms. The Balaban J connectivity index is 2.39. The van der Waals surface area contributed by atoms with Crippen molar-refractivity contribution in [1.82, 2.24) is 0 Å². The van der Waals surface area contributed by atoms with E-state index in [0.717, 1.165) is 89.9 Å². The van der Waals surface area contributed by atoms with Crippen LogP contribution in [0.25, 0.3) is 0 Å². The zero-order valence-corrected chi connectivity index (χ0v) is 22.5. The van der Waals surface area contributed by atoms with Crippen LogP contribution >= 0.6 is 0 Å². The van der Waals surface area contributed by atoms with Crippen LogP contribution in [0.15, 0.2) is 0 Å². The fourth-order valence-electron chi connectivity index (χ4n) is 6.69. The van der Waals surface area contributed by atoms with Crippen molar-refractivity contribution in [3.8, 4) is 0 Å². The summed E-state index contributed by atoms with van der Waals surface area (Å²) in [5.74, 6) is 1.08. The Morgan fingerprint density at radius 2 is 1.03 bits per heavy atom. The van der Waals surface area contributed by atoms with E-state index in [0.29, 0.717) is 24.8 Å². The number of unbranched alkanes of at least 4 members (excludes halogenated alkanes) is 8. The Morgan fingerprint density at radius 3 is 1.42 bits per heavy atom. The predicted molar refractivity (Wildman–Crippen MR) is 138 cm³/mol. The summed E-state index contributed by atoms with van der Waals surface area (Å²) >= 11 is 0. The van der Waals surface area contributed by atoms with E-state index in [2.05, 4.69) is 27.7 Å². The zero-order chi connectivity index (χ0) is 24.2. The molecule has 2 bridgehead atoms. The first-order valence-electron chi connectivity index (χ1n) is 14.6. The van der Waals surface area contributed by atoms with E-state index in [1.54, 1.807) is 0 Å². The van der Waals surface area contributed by atoms with Gasteiger partial charge in [0.2, 0.25) is 0 Å². The fraction of sp³-hybridized carbons (Fsp3) is 0.933. The van der Waals surface area contributed by atoms with Crippen molar-refractivity contribution in [2.45, 2.75) is 143 Å². The second-order valence-electron chi connectivity index (χ2n) is 11.5. The number of hydrogen-bond acceptors (Lipinski definition) is 3. The maximum atomic E-state index is 14.5. The quantitative estimate of drug-likeness (QED) is 0.216. The molecule has 4 atom stereocenters. The van der Waals surface area contributed by atoms with Gasteiger partial charge >= 0.3 is 0 Å². The average molecular weight is 463 g/mol. The molecule has 0 N–H and O–H groups in total. The Labute approximate surface area is 205 Å². The van der Waals surface area contributed by atoms with Crippen LogP contribution in [0.1, 0.15) is 143 Å². The molecule has 2 fully saturated rings. The third kappa shape index (κ3) is 7.64. The van der Waals surface area contributed by atoms with Gasteiger partial charge in [-0.05, 0) is 38.5 Å². The highest BCUT2D eigenvalue weighted by Crippen LogP contribution is 2.52. The highest BCUT2D eigenvalue weighted by molar-refractivity contribution is 5.94. The topological polar surface area (TPSA) is 43.4 Å². The largest absolute Gasteiger partial charge is 0.379 e. The summed E-state index contributed by atoms with van der Waals surface area (Å²) in [5.41, 5.74) is -0.860. The summed E-state index contributed by atoms with van der Waals surface area (Å²) < 4.78 is 6.36. The molecule has 1 saturated carbocycles. The van der Waals surface area contributed by atoms with Gasteiger partial charge in [0.25, 0.3) is 0 Å². The molecule has 0 spiro atoms. The Bertz CT molecular complexity index is 539. The molecule has 1 saturated heterocycles. The molecular formula is C30H54O3. The zero-order valence-electron chi connectivity index (χ0n) is 22.5. The lowest BCUT2D eigenvalue weighted by Crippen LogP contribution is -2.57. The lowest BCUT2D eigenvalue weighted by Gasteiger charge is -2.51. The maximum absolute atomic E-state index is 14.5. The maximum Gasteiger partial charge on any atom is 0.149 e. The van der Waals surface area contributed by atoms with E-state index < -0.39 is 10.8 Å². The van der Waals surface area contributed by atoms with E-state index in [9.17, 15) is 9.59 Å². The first kappa shape index (κ1) is 28.5. The van der Waals surface area contributed by atoms with Gasteiger partial charge in [-0.3, -0.25) is 9.59 Å². The van der Waals surface area contributed by atoms with Crippen molar-refractivity contribution in [2.75, 3.05) is 13.2 Å². The van der Waals surface area contributed by atoms with Crippen LogP contribution in [0.5, 0.6) is 0 Å². The van der Waals surface area contributed by atoms with Gasteiger partial charge in [-0.25, -0.2) is 0 Å². The summed E-state index contributed by atoms with van der Waals surface area (Å²) in [4.78, 5) is 28.5. The van der Waals surface area contributed by atoms with Gasteiger partial charge < -0.3 is 4.74 Å². The van der Waals surface area contributed by atoms with Gasteiger partial charge in [0.05, 0.1) is 24.0 Å². The SMILES string of the molecule is CCCCCC1CC2(CCCCC)COCC(CCCCC)(CC(CCCCC)C1=O)C2=O. The molecule has 4 unspecified atom stereocenters. The molecule has 0 amide bonds. The van der Waals surface area contributed by atoms with E-state index in [1.807, 2.05) is 0 Å². The first-order valence-corrected chi connectivity index (χ1v) is 14.6. The van der Waals surface area contributed by atoms with Gasteiger partial charge in [-0.2, -0.15) is 0 Å². The number of ether oxygens (including phenoxy) is 1. The van der Waals surface area contributed by atoms with Gasteiger partial charge in [-0.1, -0.05) is 105 Å². The van der Waals surface area contributed by atoms with Crippen molar-refractivity contribution in [1.29, 1.82) is 0 Å². The third-order valence-electron chi connectivity index (χ3n) is 8.63. The van der Waals surface area contributed by atoms with Crippen LogP contribution in [-0.2, 0) is 14.3 Å². The molecule has 1 aliphatic carbocycles. The van der Waals surface area contributed by atoms with E-state index in [1.165, 1.54) is 25.7 Å². The van der Waals surface area contributed by atoms with Crippen LogP contribution in [0.3, 0.4) is 0 Å². The molecule has 1 aliphatic heterocycles. The van der Waals surface area contributed by atoms with E-state index in [-0.39, 0.29) is 11.8 Å². The Morgan fingerprint density at radius 1 is 0.636 bits per heavy atom. The molecule has 2 rings (SSSR count). The molecule has 0 aromatic rings. The smallest absolute Gasteiger partial charge is 0.149 e. The third-order valence-corrected chi connectivity index (χ3v) is 8.63. The first-order chi connectivity index (χ1) is 16.0. The summed E-state index contributed by atoms with van der Waals surface area (Å²) in [6.07, 6.45) is 18.9. The highest BCUT2D eigenvalue weighted by Gasteiger charge is 2.57. The number of carbonyl (C=O) groups is 2. The summed E-state index contributed by atoms with van der Waals surface area (Å²) in [5, 5.41) is 0. The molecule has 0 aromatic carbocycles. The molecule has 33 heavy (non-hydrogen) atoms. The van der Waals surface area contributed by atoms with E-state index in [4.69, 9.17) is 4.74 Å². The second kappa shape index (κ2) is 14.6. The standard InChI is InChI=1S/C30H54O3/c1-5-9-13-17-25-21-29(19-15-11-7-3)23-33-24-30(28(29)32,20-16-12-8-4)22-26(27(25)31)18-14-10-6-2/h25-26H,5-24H2,1-4H3. The minimum atomic E-state index is -0.430. The molecule has 0 radical (unpaired) electrons. The minimum Gasteiger partial charge on any atom is -0.379 e. The number of ketones is 2. The number of rotatable bonds is 16. The molecule has 1 heterocycles. The Hall–Kier alpha value is -0.700. The van der Waals surface area contributed by atoms with Crippen LogP contribution in [0.4, 0.5) is 0 Å². The highest BCUT2D eigenvalue weighted by atomic mass is 16.5. The van der Waals surface area contributed by atoms with E-state index >= 15 is 0 Å². The molecule has 2 aliphatic rings. The van der Waals surface area contributed by atoms with Crippen LogP contribution in [-0.4, -0.2) is 24.8 Å². The van der Waals surface area contributed by atoms with Gasteiger partial charge in [0.1, 0.15) is 11.6 Å². The summed E-state index contributed by atoms with van der Waals surface area (Å²) in [6, 6.07) is 0. The van der Waals surface area contributed by atoms with Crippen LogP contribution in [0.2, 0.25) is 0 Å². The van der Waals surface area contributed by atoms with Crippen molar-refractivity contribution in [2.24, 2.45) is 22.7 Å². The second-order valence-corrected chi connectivity index (χ2v) is 11.5. The van der Waals surface area contributed by atoms with Crippen molar-refractivity contribution < 1.29 is 14.3 Å². The van der Waals surface area contributed by atoms with Crippen LogP contribution in [0, 0.1) is 22.7 Å². The number of hydrogen-bond donors (Lipinski definition) is 0. The lowest BCUT2D eigenvalue weighted by atomic mass is 9.55. The molecule has 3 nitrogen and oxygen atoms in total. The average Bonchev–Trinajstić information content (AvgIpc) is 2.81. The number of fused-ring (bicyclic) bond motifs is 2. The summed E-state index contributed by atoms with van der Waals surface area (Å²) in [7, 11) is 0.